The third-order valence-corrected chi connectivity index (χ3v) is 2.58. The monoisotopic (exact) mass is 237 g/mol. The minimum atomic E-state index is -0.284. The Labute approximate surface area is 102 Å². The molecule has 2 nitrogen and oxygen atoms in total. The molecule has 3 heteroatoms. The molecule has 0 saturated carbocycles. The van der Waals surface area contributed by atoms with Crippen LogP contribution in [0.3, 0.4) is 0 Å². The van der Waals surface area contributed by atoms with E-state index in [0.29, 0.717) is 0 Å². The summed E-state index contributed by atoms with van der Waals surface area (Å²) in [6, 6.07) is 6.25. The van der Waals surface area contributed by atoms with Crippen LogP contribution >= 0.6 is 0 Å². The number of carbonyl (C=O) groups is 1. The Morgan fingerprint density at radius 1 is 1.24 bits per heavy atom. The minimum absolute atomic E-state index is 0.0827. The van der Waals surface area contributed by atoms with Gasteiger partial charge < -0.3 is 4.90 Å². The quantitative estimate of drug-likeness (QED) is 0.744. The predicted octanol–water partition coefficient (Wildman–Crippen LogP) is 3.02. The van der Waals surface area contributed by atoms with Crippen molar-refractivity contribution in [2.75, 3.05) is 13.1 Å². The van der Waals surface area contributed by atoms with E-state index in [0.717, 1.165) is 31.5 Å². The zero-order valence-electron chi connectivity index (χ0n) is 10.6. The molecule has 1 aromatic rings. The van der Waals surface area contributed by atoms with Gasteiger partial charge in [-0.05, 0) is 30.5 Å². The molecule has 0 bridgehead atoms. The van der Waals surface area contributed by atoms with E-state index in [1.165, 1.54) is 12.1 Å². The number of hydrogen-bond acceptors (Lipinski definition) is 1. The SMILES string of the molecule is CCCN(CCC)C(=O)Cc1cccc(F)c1. The fraction of sp³-hybridized carbons (Fsp3) is 0.500. The van der Waals surface area contributed by atoms with Crippen LogP contribution in [0.25, 0.3) is 0 Å². The Morgan fingerprint density at radius 2 is 1.88 bits per heavy atom. The molecule has 0 aliphatic rings. The maximum atomic E-state index is 13.0. The molecule has 0 aliphatic heterocycles. The largest absolute Gasteiger partial charge is 0.342 e. The first-order chi connectivity index (χ1) is 8.17. The topological polar surface area (TPSA) is 20.3 Å². The molecule has 0 heterocycles. The van der Waals surface area contributed by atoms with Gasteiger partial charge in [0.15, 0.2) is 0 Å². The summed E-state index contributed by atoms with van der Waals surface area (Å²) < 4.78 is 13.0. The molecule has 1 rings (SSSR count). The van der Waals surface area contributed by atoms with Gasteiger partial charge in [-0.15, -0.1) is 0 Å². The first-order valence-corrected chi connectivity index (χ1v) is 6.19. The number of benzene rings is 1. The summed E-state index contributed by atoms with van der Waals surface area (Å²) in [5, 5.41) is 0. The Balaban J connectivity index is 2.62. The summed E-state index contributed by atoms with van der Waals surface area (Å²) in [6.07, 6.45) is 2.20. The summed E-state index contributed by atoms with van der Waals surface area (Å²) in [5.41, 5.74) is 0.743. The molecule has 0 unspecified atom stereocenters. The minimum Gasteiger partial charge on any atom is -0.342 e. The van der Waals surface area contributed by atoms with Crippen LogP contribution in [0, 0.1) is 5.82 Å². The third kappa shape index (κ3) is 4.55. The second kappa shape index (κ2) is 7.05. The summed E-state index contributed by atoms with van der Waals surface area (Å²) in [7, 11) is 0. The van der Waals surface area contributed by atoms with E-state index in [1.54, 1.807) is 12.1 Å². The number of amides is 1. The Bertz CT molecular complexity index is 359. The van der Waals surface area contributed by atoms with Gasteiger partial charge in [-0.25, -0.2) is 4.39 Å². The van der Waals surface area contributed by atoms with E-state index >= 15 is 0 Å². The maximum Gasteiger partial charge on any atom is 0.226 e. The molecule has 0 N–H and O–H groups in total. The highest BCUT2D eigenvalue weighted by atomic mass is 19.1. The van der Waals surface area contributed by atoms with Gasteiger partial charge in [0.05, 0.1) is 6.42 Å². The number of carbonyl (C=O) groups excluding carboxylic acids is 1. The van der Waals surface area contributed by atoms with Gasteiger partial charge in [0.2, 0.25) is 5.91 Å². The van der Waals surface area contributed by atoms with Gasteiger partial charge in [0.1, 0.15) is 5.82 Å². The van der Waals surface area contributed by atoms with Crippen LogP contribution in [0.5, 0.6) is 0 Å². The molecule has 1 amide bonds. The summed E-state index contributed by atoms with van der Waals surface area (Å²) in [6.45, 7) is 5.67. The molecule has 94 valence electrons. The highest BCUT2D eigenvalue weighted by molar-refractivity contribution is 5.78. The number of hydrogen-bond donors (Lipinski definition) is 0. The lowest BCUT2D eigenvalue weighted by Crippen LogP contribution is -2.33. The van der Waals surface area contributed by atoms with Crippen molar-refractivity contribution in [1.29, 1.82) is 0 Å². The summed E-state index contributed by atoms with van der Waals surface area (Å²) in [5.74, 6) is -0.202. The zero-order valence-corrected chi connectivity index (χ0v) is 10.6. The molecule has 17 heavy (non-hydrogen) atoms. The highest BCUT2D eigenvalue weighted by Gasteiger charge is 2.12. The predicted molar refractivity (Wildman–Crippen MR) is 67.3 cm³/mol. The second-order valence-corrected chi connectivity index (χ2v) is 4.19. The molecule has 0 atom stereocenters. The smallest absolute Gasteiger partial charge is 0.226 e. The van der Waals surface area contributed by atoms with E-state index in [1.807, 2.05) is 4.90 Å². The molecule has 0 spiro atoms. The van der Waals surface area contributed by atoms with Crippen molar-refractivity contribution in [2.24, 2.45) is 0 Å². The molecule has 0 fully saturated rings. The molecule has 0 radical (unpaired) electrons. The van der Waals surface area contributed by atoms with Gasteiger partial charge in [0, 0.05) is 13.1 Å². The van der Waals surface area contributed by atoms with Crippen molar-refractivity contribution >= 4 is 5.91 Å². The fourth-order valence-electron chi connectivity index (χ4n) is 1.83. The average molecular weight is 237 g/mol. The van der Waals surface area contributed by atoms with Crippen molar-refractivity contribution in [3.05, 3.63) is 35.6 Å². The normalized spacial score (nSPS) is 10.3. The number of nitrogens with zero attached hydrogens (tertiary/aromatic N) is 1. The third-order valence-electron chi connectivity index (χ3n) is 2.58. The van der Waals surface area contributed by atoms with Crippen molar-refractivity contribution in [1.82, 2.24) is 4.90 Å². The van der Waals surface area contributed by atoms with Gasteiger partial charge in [-0.3, -0.25) is 4.79 Å². The van der Waals surface area contributed by atoms with Crippen LogP contribution in [-0.2, 0) is 11.2 Å². The van der Waals surface area contributed by atoms with Gasteiger partial charge in [-0.1, -0.05) is 26.0 Å². The summed E-state index contributed by atoms with van der Waals surface area (Å²) >= 11 is 0. The Kier molecular flexibility index (Phi) is 5.67. The van der Waals surface area contributed by atoms with Crippen molar-refractivity contribution in [3.8, 4) is 0 Å². The van der Waals surface area contributed by atoms with E-state index in [-0.39, 0.29) is 18.1 Å². The lowest BCUT2D eigenvalue weighted by atomic mass is 10.1. The molecular weight excluding hydrogens is 217 g/mol. The van der Waals surface area contributed by atoms with Crippen LogP contribution in [0.4, 0.5) is 4.39 Å². The van der Waals surface area contributed by atoms with Crippen LogP contribution in [0.1, 0.15) is 32.3 Å². The molecular formula is C14H20FNO. The molecule has 0 aliphatic carbocycles. The number of halogens is 1. The van der Waals surface area contributed by atoms with Crippen molar-refractivity contribution in [2.45, 2.75) is 33.1 Å². The van der Waals surface area contributed by atoms with Crippen molar-refractivity contribution < 1.29 is 9.18 Å². The second-order valence-electron chi connectivity index (χ2n) is 4.19. The Hall–Kier alpha value is -1.38. The lowest BCUT2D eigenvalue weighted by molar-refractivity contribution is -0.130. The molecule has 0 saturated heterocycles. The van der Waals surface area contributed by atoms with Crippen LogP contribution < -0.4 is 0 Å². The standard InChI is InChI=1S/C14H20FNO/c1-3-8-16(9-4-2)14(17)11-12-6-5-7-13(15)10-12/h5-7,10H,3-4,8-9,11H2,1-2H3. The number of rotatable bonds is 6. The summed E-state index contributed by atoms with van der Waals surface area (Å²) in [4.78, 5) is 13.9. The van der Waals surface area contributed by atoms with Gasteiger partial charge in [-0.2, -0.15) is 0 Å². The first kappa shape index (κ1) is 13.7. The average Bonchev–Trinajstić information content (AvgIpc) is 2.28. The molecule has 0 aromatic heterocycles. The maximum absolute atomic E-state index is 13.0. The lowest BCUT2D eigenvalue weighted by Gasteiger charge is -2.21. The Morgan fingerprint density at radius 3 is 2.41 bits per heavy atom. The van der Waals surface area contributed by atoms with E-state index in [9.17, 15) is 9.18 Å². The van der Waals surface area contributed by atoms with Crippen LogP contribution in [0.15, 0.2) is 24.3 Å². The van der Waals surface area contributed by atoms with E-state index in [4.69, 9.17) is 0 Å². The first-order valence-electron chi connectivity index (χ1n) is 6.19. The van der Waals surface area contributed by atoms with E-state index < -0.39 is 0 Å². The molecule has 1 aromatic carbocycles. The van der Waals surface area contributed by atoms with Gasteiger partial charge in [0.25, 0.3) is 0 Å². The van der Waals surface area contributed by atoms with Gasteiger partial charge >= 0.3 is 0 Å². The van der Waals surface area contributed by atoms with Crippen molar-refractivity contribution in [3.63, 3.8) is 0 Å². The zero-order chi connectivity index (χ0) is 12.7. The highest BCUT2D eigenvalue weighted by Crippen LogP contribution is 2.07. The fourth-order valence-corrected chi connectivity index (χ4v) is 1.83. The van der Waals surface area contributed by atoms with E-state index in [2.05, 4.69) is 13.8 Å². The van der Waals surface area contributed by atoms with Crippen LogP contribution in [-0.4, -0.2) is 23.9 Å². The van der Waals surface area contributed by atoms with Crippen LogP contribution in [0.2, 0.25) is 0 Å².